The number of nitrogens with two attached hydrogens (primary N) is 1. The second kappa shape index (κ2) is 5.26. The molecule has 0 radical (unpaired) electrons. The zero-order valence-corrected chi connectivity index (χ0v) is 12.2. The normalized spacial score (nSPS) is 26.8. The summed E-state index contributed by atoms with van der Waals surface area (Å²) in [7, 11) is 0. The van der Waals surface area contributed by atoms with Crippen LogP contribution in [0.2, 0.25) is 0 Å². The molecule has 2 heteroatoms. The van der Waals surface area contributed by atoms with Gasteiger partial charge in [0.1, 0.15) is 0 Å². The van der Waals surface area contributed by atoms with E-state index >= 15 is 0 Å². The van der Waals surface area contributed by atoms with Gasteiger partial charge in [0.25, 0.3) is 0 Å². The van der Waals surface area contributed by atoms with E-state index in [1.807, 2.05) is 0 Å². The van der Waals surface area contributed by atoms with Gasteiger partial charge in [0.05, 0.1) is 0 Å². The molecule has 0 aliphatic heterocycles. The van der Waals surface area contributed by atoms with Gasteiger partial charge in [-0.15, -0.1) is 0 Å². The zero-order valence-electron chi connectivity index (χ0n) is 12.2. The van der Waals surface area contributed by atoms with Crippen molar-refractivity contribution in [3.63, 3.8) is 0 Å². The Labute approximate surface area is 117 Å². The lowest BCUT2D eigenvalue weighted by Crippen LogP contribution is -2.49. The SMILES string of the molecule is CC(C)N(CC1CC1)C1CCc2ccccc2C1N. The third-order valence-corrected chi connectivity index (χ3v) is 4.79. The predicted molar refractivity (Wildman–Crippen MR) is 80.0 cm³/mol. The van der Waals surface area contributed by atoms with Crippen LogP contribution in [0.3, 0.4) is 0 Å². The second-order valence-corrected chi connectivity index (χ2v) is 6.56. The summed E-state index contributed by atoms with van der Waals surface area (Å²) in [5.74, 6) is 0.937. The van der Waals surface area contributed by atoms with Crippen molar-refractivity contribution in [3.05, 3.63) is 35.4 Å². The molecule has 1 aromatic carbocycles. The Morgan fingerprint density at radius 3 is 2.63 bits per heavy atom. The lowest BCUT2D eigenvalue weighted by Gasteiger charge is -2.41. The van der Waals surface area contributed by atoms with E-state index in [1.165, 1.54) is 43.4 Å². The maximum atomic E-state index is 6.58. The molecule has 2 aliphatic carbocycles. The Morgan fingerprint density at radius 1 is 1.21 bits per heavy atom. The quantitative estimate of drug-likeness (QED) is 0.899. The van der Waals surface area contributed by atoms with Crippen LogP contribution >= 0.6 is 0 Å². The summed E-state index contributed by atoms with van der Waals surface area (Å²) in [6, 6.07) is 10.0. The number of hydrogen-bond acceptors (Lipinski definition) is 2. The highest BCUT2D eigenvalue weighted by Gasteiger charge is 2.35. The molecule has 2 atom stereocenters. The molecule has 0 amide bonds. The van der Waals surface area contributed by atoms with Crippen molar-refractivity contribution in [1.29, 1.82) is 0 Å². The van der Waals surface area contributed by atoms with Gasteiger partial charge in [0, 0.05) is 24.7 Å². The van der Waals surface area contributed by atoms with Crippen molar-refractivity contribution in [2.24, 2.45) is 11.7 Å². The summed E-state index contributed by atoms with van der Waals surface area (Å²) in [4.78, 5) is 2.66. The standard InChI is InChI=1S/C17H26N2/c1-12(2)19(11-13-7-8-13)16-10-9-14-5-3-4-6-15(14)17(16)18/h3-6,12-13,16-17H,7-11,18H2,1-2H3. The van der Waals surface area contributed by atoms with Gasteiger partial charge >= 0.3 is 0 Å². The summed E-state index contributed by atoms with van der Waals surface area (Å²) in [6.45, 7) is 5.88. The van der Waals surface area contributed by atoms with Gasteiger partial charge < -0.3 is 5.73 Å². The minimum absolute atomic E-state index is 0.186. The molecule has 2 N–H and O–H groups in total. The van der Waals surface area contributed by atoms with Crippen LogP contribution in [0.25, 0.3) is 0 Å². The van der Waals surface area contributed by atoms with Crippen LogP contribution in [0.1, 0.15) is 50.3 Å². The fourth-order valence-corrected chi connectivity index (χ4v) is 3.48. The van der Waals surface area contributed by atoms with Crippen molar-refractivity contribution in [2.45, 2.75) is 57.7 Å². The Bertz CT molecular complexity index is 437. The molecule has 1 aromatic rings. The van der Waals surface area contributed by atoms with Crippen LogP contribution in [0.15, 0.2) is 24.3 Å². The van der Waals surface area contributed by atoms with Crippen molar-refractivity contribution in [2.75, 3.05) is 6.54 Å². The Balaban J connectivity index is 1.80. The molecule has 1 fully saturated rings. The smallest absolute Gasteiger partial charge is 0.0456 e. The van der Waals surface area contributed by atoms with Crippen molar-refractivity contribution in [1.82, 2.24) is 4.90 Å². The maximum Gasteiger partial charge on any atom is 0.0456 e. The lowest BCUT2D eigenvalue weighted by molar-refractivity contribution is 0.113. The minimum atomic E-state index is 0.186. The molecule has 2 unspecified atom stereocenters. The summed E-state index contributed by atoms with van der Waals surface area (Å²) in [5.41, 5.74) is 9.42. The van der Waals surface area contributed by atoms with E-state index < -0.39 is 0 Å². The highest BCUT2D eigenvalue weighted by atomic mass is 15.2. The predicted octanol–water partition coefficient (Wildman–Crippen LogP) is 3.12. The molecule has 0 spiro atoms. The van der Waals surface area contributed by atoms with Gasteiger partial charge in [-0.1, -0.05) is 24.3 Å². The summed E-state index contributed by atoms with van der Waals surface area (Å²) in [6.07, 6.45) is 5.23. The van der Waals surface area contributed by atoms with Gasteiger partial charge in [-0.2, -0.15) is 0 Å². The molecule has 2 nitrogen and oxygen atoms in total. The molecule has 3 rings (SSSR count). The number of hydrogen-bond donors (Lipinski definition) is 1. The van der Waals surface area contributed by atoms with E-state index in [1.54, 1.807) is 0 Å². The van der Waals surface area contributed by atoms with Gasteiger partial charge in [-0.05, 0) is 56.6 Å². The number of aryl methyl sites for hydroxylation is 1. The van der Waals surface area contributed by atoms with Crippen LogP contribution < -0.4 is 5.73 Å². The van der Waals surface area contributed by atoms with Gasteiger partial charge in [0.15, 0.2) is 0 Å². The largest absolute Gasteiger partial charge is 0.323 e. The van der Waals surface area contributed by atoms with E-state index in [0.717, 1.165) is 5.92 Å². The topological polar surface area (TPSA) is 29.3 Å². The second-order valence-electron chi connectivity index (χ2n) is 6.56. The maximum absolute atomic E-state index is 6.58. The Hall–Kier alpha value is -0.860. The van der Waals surface area contributed by atoms with Crippen LogP contribution in [0.4, 0.5) is 0 Å². The van der Waals surface area contributed by atoms with E-state index in [0.29, 0.717) is 12.1 Å². The molecular weight excluding hydrogens is 232 g/mol. The van der Waals surface area contributed by atoms with Gasteiger partial charge in [-0.25, -0.2) is 0 Å². The summed E-state index contributed by atoms with van der Waals surface area (Å²) >= 11 is 0. The summed E-state index contributed by atoms with van der Waals surface area (Å²) < 4.78 is 0. The van der Waals surface area contributed by atoms with Crippen molar-refractivity contribution < 1.29 is 0 Å². The third-order valence-electron chi connectivity index (χ3n) is 4.79. The fourth-order valence-electron chi connectivity index (χ4n) is 3.48. The number of fused-ring (bicyclic) bond motifs is 1. The lowest BCUT2D eigenvalue weighted by atomic mass is 9.83. The number of nitrogens with zero attached hydrogens (tertiary/aromatic N) is 1. The highest BCUT2D eigenvalue weighted by Crippen LogP contribution is 2.36. The molecule has 1 saturated carbocycles. The molecule has 2 aliphatic rings. The molecule has 19 heavy (non-hydrogen) atoms. The highest BCUT2D eigenvalue weighted by molar-refractivity contribution is 5.33. The zero-order chi connectivity index (χ0) is 13.4. The molecule has 0 bridgehead atoms. The average Bonchev–Trinajstić information content (AvgIpc) is 3.21. The monoisotopic (exact) mass is 258 g/mol. The fraction of sp³-hybridized carbons (Fsp3) is 0.647. The van der Waals surface area contributed by atoms with Crippen LogP contribution in [-0.4, -0.2) is 23.5 Å². The van der Waals surface area contributed by atoms with Crippen molar-refractivity contribution in [3.8, 4) is 0 Å². The average molecular weight is 258 g/mol. The van der Waals surface area contributed by atoms with Gasteiger partial charge in [0.2, 0.25) is 0 Å². The van der Waals surface area contributed by atoms with Crippen LogP contribution in [0, 0.1) is 5.92 Å². The molecule has 0 aromatic heterocycles. The molecule has 0 saturated heterocycles. The van der Waals surface area contributed by atoms with E-state index in [-0.39, 0.29) is 6.04 Å². The number of rotatable bonds is 4. The van der Waals surface area contributed by atoms with Gasteiger partial charge in [-0.3, -0.25) is 4.90 Å². The Morgan fingerprint density at radius 2 is 1.95 bits per heavy atom. The Kier molecular flexibility index (Phi) is 3.64. The van der Waals surface area contributed by atoms with E-state index in [4.69, 9.17) is 5.73 Å². The first-order chi connectivity index (χ1) is 9.16. The first-order valence-corrected chi connectivity index (χ1v) is 7.76. The van der Waals surface area contributed by atoms with E-state index in [2.05, 4.69) is 43.0 Å². The number of benzene rings is 1. The minimum Gasteiger partial charge on any atom is -0.323 e. The summed E-state index contributed by atoms with van der Waals surface area (Å²) in [5, 5.41) is 0. The first-order valence-electron chi connectivity index (χ1n) is 7.76. The van der Waals surface area contributed by atoms with Crippen LogP contribution in [-0.2, 0) is 6.42 Å². The molecule has 104 valence electrons. The van der Waals surface area contributed by atoms with Crippen molar-refractivity contribution >= 4 is 0 Å². The molecule has 0 heterocycles. The molecular formula is C17H26N2. The van der Waals surface area contributed by atoms with E-state index in [9.17, 15) is 0 Å². The third kappa shape index (κ3) is 2.70. The van der Waals surface area contributed by atoms with Crippen LogP contribution in [0.5, 0.6) is 0 Å². The first kappa shape index (κ1) is 13.1.